The molecule has 1 unspecified atom stereocenters. The van der Waals surface area contributed by atoms with Crippen molar-refractivity contribution >= 4 is 17.6 Å². The summed E-state index contributed by atoms with van der Waals surface area (Å²) in [4.78, 5) is 15.2. The number of hydrogen-bond donors (Lipinski definition) is 1. The third-order valence-electron chi connectivity index (χ3n) is 3.39. The van der Waals surface area contributed by atoms with Gasteiger partial charge in [-0.3, -0.25) is 9.78 Å². The summed E-state index contributed by atoms with van der Waals surface area (Å²) < 4.78 is 0. The number of carbonyl (C=O) groups is 1. The molecule has 0 fully saturated rings. The number of halogens is 1. The molecule has 2 rings (SSSR count). The lowest BCUT2D eigenvalue weighted by Gasteiger charge is -2.14. The van der Waals surface area contributed by atoms with Crippen LogP contribution >= 0.6 is 11.6 Å². The third kappa shape index (κ3) is 3.17. The molecule has 0 saturated heterocycles. The van der Waals surface area contributed by atoms with E-state index in [1.165, 1.54) is 0 Å². The van der Waals surface area contributed by atoms with Crippen molar-refractivity contribution in [2.75, 3.05) is 0 Å². The lowest BCUT2D eigenvalue weighted by Crippen LogP contribution is -2.15. The van der Waals surface area contributed by atoms with Gasteiger partial charge >= 0.3 is 5.97 Å². The van der Waals surface area contributed by atoms with Crippen LogP contribution < -0.4 is 0 Å². The van der Waals surface area contributed by atoms with E-state index in [1.54, 1.807) is 12.4 Å². The molecule has 0 aliphatic carbocycles. The van der Waals surface area contributed by atoms with E-state index in [1.807, 2.05) is 37.3 Å². The maximum absolute atomic E-state index is 11.2. The molecule has 0 aliphatic rings. The van der Waals surface area contributed by atoms with Crippen molar-refractivity contribution in [2.45, 2.75) is 19.8 Å². The summed E-state index contributed by atoms with van der Waals surface area (Å²) >= 11 is 6.18. The number of rotatable bonds is 5. The highest BCUT2D eigenvalue weighted by Gasteiger charge is 2.18. The van der Waals surface area contributed by atoms with Crippen LogP contribution in [0, 0.1) is 5.92 Å². The van der Waals surface area contributed by atoms with E-state index in [0.717, 1.165) is 16.7 Å². The van der Waals surface area contributed by atoms with E-state index in [4.69, 9.17) is 11.6 Å². The molecule has 20 heavy (non-hydrogen) atoms. The van der Waals surface area contributed by atoms with Gasteiger partial charge in [-0.25, -0.2) is 0 Å². The molecule has 3 nitrogen and oxygen atoms in total. The van der Waals surface area contributed by atoms with Gasteiger partial charge < -0.3 is 5.11 Å². The van der Waals surface area contributed by atoms with Gasteiger partial charge in [0, 0.05) is 18.0 Å². The SMILES string of the molecule is CCC(Cc1ccccc1-c1ccncc1Cl)C(=O)O. The average Bonchev–Trinajstić information content (AvgIpc) is 2.45. The highest BCUT2D eigenvalue weighted by molar-refractivity contribution is 6.33. The molecular formula is C16H16ClNO2. The van der Waals surface area contributed by atoms with E-state index >= 15 is 0 Å². The lowest BCUT2D eigenvalue weighted by atomic mass is 9.91. The molecule has 1 aromatic heterocycles. The Morgan fingerprint density at radius 2 is 2.05 bits per heavy atom. The standard InChI is InChI=1S/C16H16ClNO2/c1-2-11(16(19)20)9-12-5-3-4-6-13(12)14-7-8-18-10-15(14)17/h3-8,10-11H,2,9H2,1H3,(H,19,20). The molecule has 104 valence electrons. The maximum Gasteiger partial charge on any atom is 0.306 e. The molecule has 0 radical (unpaired) electrons. The minimum atomic E-state index is -0.761. The number of aromatic nitrogens is 1. The minimum absolute atomic E-state index is 0.378. The van der Waals surface area contributed by atoms with Crippen LogP contribution in [0.5, 0.6) is 0 Å². The van der Waals surface area contributed by atoms with Crippen molar-refractivity contribution in [3.63, 3.8) is 0 Å². The molecule has 0 bridgehead atoms. The predicted molar refractivity (Wildman–Crippen MR) is 79.8 cm³/mol. The van der Waals surface area contributed by atoms with Crippen LogP contribution in [0.15, 0.2) is 42.7 Å². The Morgan fingerprint density at radius 3 is 2.70 bits per heavy atom. The fourth-order valence-electron chi connectivity index (χ4n) is 2.23. The van der Waals surface area contributed by atoms with Gasteiger partial charge in [-0.15, -0.1) is 0 Å². The Bertz CT molecular complexity index is 613. The van der Waals surface area contributed by atoms with E-state index < -0.39 is 5.97 Å². The highest BCUT2D eigenvalue weighted by atomic mass is 35.5. The predicted octanol–water partition coefficient (Wildman–Crippen LogP) is 4.06. The largest absolute Gasteiger partial charge is 0.481 e. The molecule has 1 atom stereocenters. The van der Waals surface area contributed by atoms with Crippen molar-refractivity contribution in [1.82, 2.24) is 4.98 Å². The van der Waals surface area contributed by atoms with Crippen LogP contribution in [-0.2, 0) is 11.2 Å². The third-order valence-corrected chi connectivity index (χ3v) is 3.69. The second-order valence-electron chi connectivity index (χ2n) is 4.66. The Morgan fingerprint density at radius 1 is 1.30 bits per heavy atom. The Labute approximate surface area is 123 Å². The number of nitrogens with zero attached hydrogens (tertiary/aromatic N) is 1. The first-order valence-electron chi connectivity index (χ1n) is 6.54. The van der Waals surface area contributed by atoms with E-state index in [0.29, 0.717) is 17.9 Å². The monoisotopic (exact) mass is 289 g/mol. The fraction of sp³-hybridized carbons (Fsp3) is 0.250. The first-order valence-corrected chi connectivity index (χ1v) is 6.91. The van der Waals surface area contributed by atoms with Crippen LogP contribution in [-0.4, -0.2) is 16.1 Å². The summed E-state index contributed by atoms with van der Waals surface area (Å²) in [6.07, 6.45) is 4.39. The van der Waals surface area contributed by atoms with Crippen molar-refractivity contribution in [3.05, 3.63) is 53.3 Å². The quantitative estimate of drug-likeness (QED) is 0.903. The Hall–Kier alpha value is -1.87. The van der Waals surface area contributed by atoms with Crippen LogP contribution in [0.25, 0.3) is 11.1 Å². The molecule has 2 aromatic rings. The first kappa shape index (κ1) is 14.5. The van der Waals surface area contributed by atoms with Gasteiger partial charge in [-0.2, -0.15) is 0 Å². The zero-order valence-corrected chi connectivity index (χ0v) is 12.0. The van der Waals surface area contributed by atoms with Crippen molar-refractivity contribution in [3.8, 4) is 11.1 Å². The van der Waals surface area contributed by atoms with Crippen LogP contribution in [0.2, 0.25) is 5.02 Å². The summed E-state index contributed by atoms with van der Waals surface area (Å²) in [7, 11) is 0. The second-order valence-corrected chi connectivity index (χ2v) is 5.07. The van der Waals surface area contributed by atoms with Gasteiger partial charge in [0.05, 0.1) is 10.9 Å². The maximum atomic E-state index is 11.2. The summed E-state index contributed by atoms with van der Waals surface area (Å²) in [5, 5.41) is 9.79. The van der Waals surface area contributed by atoms with Gasteiger partial charge in [-0.1, -0.05) is 42.8 Å². The number of hydrogen-bond acceptors (Lipinski definition) is 2. The van der Waals surface area contributed by atoms with Crippen LogP contribution in [0.3, 0.4) is 0 Å². The zero-order valence-electron chi connectivity index (χ0n) is 11.2. The first-order chi connectivity index (χ1) is 9.63. The van der Waals surface area contributed by atoms with Crippen molar-refractivity contribution in [2.24, 2.45) is 5.92 Å². The molecule has 0 saturated carbocycles. The van der Waals surface area contributed by atoms with Gasteiger partial charge in [0.25, 0.3) is 0 Å². The second kappa shape index (κ2) is 6.53. The summed E-state index contributed by atoms with van der Waals surface area (Å²) in [5.41, 5.74) is 2.85. The van der Waals surface area contributed by atoms with Crippen LogP contribution in [0.1, 0.15) is 18.9 Å². The van der Waals surface area contributed by atoms with Crippen molar-refractivity contribution in [1.29, 1.82) is 0 Å². The molecule has 0 aliphatic heterocycles. The average molecular weight is 290 g/mol. The molecular weight excluding hydrogens is 274 g/mol. The Kier molecular flexibility index (Phi) is 4.74. The molecule has 1 heterocycles. The van der Waals surface area contributed by atoms with E-state index in [2.05, 4.69) is 4.98 Å². The van der Waals surface area contributed by atoms with Gasteiger partial charge in [-0.05, 0) is 30.0 Å². The number of carboxylic acid groups (broad SMARTS) is 1. The number of aliphatic carboxylic acids is 1. The number of pyridine rings is 1. The molecule has 4 heteroatoms. The zero-order chi connectivity index (χ0) is 14.5. The van der Waals surface area contributed by atoms with Gasteiger partial charge in [0.2, 0.25) is 0 Å². The minimum Gasteiger partial charge on any atom is -0.481 e. The summed E-state index contributed by atoms with van der Waals surface area (Å²) in [6, 6.07) is 9.62. The smallest absolute Gasteiger partial charge is 0.306 e. The topological polar surface area (TPSA) is 50.2 Å². The van der Waals surface area contributed by atoms with Gasteiger partial charge in [0.15, 0.2) is 0 Å². The van der Waals surface area contributed by atoms with E-state index in [9.17, 15) is 9.90 Å². The summed E-state index contributed by atoms with van der Waals surface area (Å²) in [6.45, 7) is 1.89. The normalized spacial score (nSPS) is 12.1. The van der Waals surface area contributed by atoms with E-state index in [-0.39, 0.29) is 5.92 Å². The lowest BCUT2D eigenvalue weighted by molar-refractivity contribution is -0.141. The molecule has 1 N–H and O–H groups in total. The van der Waals surface area contributed by atoms with Gasteiger partial charge in [0.1, 0.15) is 0 Å². The molecule has 1 aromatic carbocycles. The van der Waals surface area contributed by atoms with Crippen LogP contribution in [0.4, 0.5) is 0 Å². The Balaban J connectivity index is 2.41. The highest BCUT2D eigenvalue weighted by Crippen LogP contribution is 2.31. The summed E-state index contributed by atoms with van der Waals surface area (Å²) in [5.74, 6) is -1.14. The fourth-order valence-corrected chi connectivity index (χ4v) is 2.45. The molecule has 0 spiro atoms. The molecule has 0 amide bonds. The number of benzene rings is 1. The number of carboxylic acids is 1. The van der Waals surface area contributed by atoms with Crippen molar-refractivity contribution < 1.29 is 9.90 Å².